The van der Waals surface area contributed by atoms with Crippen LogP contribution in [0.1, 0.15) is 49.1 Å². The zero-order valence-corrected chi connectivity index (χ0v) is 13.0. The highest BCUT2D eigenvalue weighted by Gasteiger charge is 2.28. The quantitative estimate of drug-likeness (QED) is 0.929. The van der Waals surface area contributed by atoms with E-state index in [4.69, 9.17) is 0 Å². The van der Waals surface area contributed by atoms with Gasteiger partial charge in [0.2, 0.25) is 5.91 Å². The second-order valence-electron chi connectivity index (χ2n) is 6.06. The van der Waals surface area contributed by atoms with Crippen molar-refractivity contribution in [3.05, 3.63) is 21.9 Å². The molecule has 3 nitrogen and oxygen atoms in total. The van der Waals surface area contributed by atoms with Crippen LogP contribution in [0.5, 0.6) is 0 Å². The van der Waals surface area contributed by atoms with Crippen molar-refractivity contribution in [2.24, 2.45) is 5.92 Å². The summed E-state index contributed by atoms with van der Waals surface area (Å²) >= 11 is 1.83. The third-order valence-electron chi connectivity index (χ3n) is 4.76. The van der Waals surface area contributed by atoms with Crippen LogP contribution in [-0.4, -0.2) is 30.4 Å². The molecule has 110 valence electrons. The van der Waals surface area contributed by atoms with E-state index in [0.717, 1.165) is 38.9 Å². The molecule has 0 spiro atoms. The Morgan fingerprint density at radius 1 is 1.55 bits per heavy atom. The molecule has 1 fully saturated rings. The topological polar surface area (TPSA) is 32.3 Å². The van der Waals surface area contributed by atoms with Gasteiger partial charge in [-0.2, -0.15) is 0 Å². The highest BCUT2D eigenvalue weighted by atomic mass is 32.1. The molecule has 1 amide bonds. The predicted octanol–water partition coefficient (Wildman–Crippen LogP) is 2.97. The third-order valence-corrected chi connectivity index (χ3v) is 5.76. The van der Waals surface area contributed by atoms with Crippen molar-refractivity contribution in [2.75, 3.05) is 19.6 Å². The van der Waals surface area contributed by atoms with Crippen LogP contribution < -0.4 is 5.32 Å². The number of rotatable bonds is 3. The first-order valence-corrected chi connectivity index (χ1v) is 8.70. The maximum atomic E-state index is 12.5. The Kier molecular flexibility index (Phi) is 4.41. The molecule has 3 rings (SSSR count). The van der Waals surface area contributed by atoms with E-state index in [0.29, 0.717) is 11.8 Å². The number of hydrogen-bond donors (Lipinski definition) is 1. The first-order chi connectivity index (χ1) is 9.75. The molecule has 0 saturated carbocycles. The van der Waals surface area contributed by atoms with Crippen molar-refractivity contribution in [1.29, 1.82) is 0 Å². The van der Waals surface area contributed by atoms with Gasteiger partial charge in [0.05, 0.1) is 6.04 Å². The fraction of sp³-hybridized carbons (Fsp3) is 0.688. The zero-order chi connectivity index (χ0) is 13.9. The summed E-state index contributed by atoms with van der Waals surface area (Å²) in [4.78, 5) is 16.1. The Labute approximate surface area is 125 Å². The Bertz CT molecular complexity index is 465. The molecule has 0 aromatic carbocycles. The van der Waals surface area contributed by atoms with E-state index in [1.807, 2.05) is 11.3 Å². The standard InChI is InChI=1S/C16H24N2OS/c1-12-14-7-10-20-15(14)6-9-18(12)16(19)5-4-13-3-2-8-17-11-13/h7,10,12-13,17H,2-6,8-9,11H2,1H3. The minimum Gasteiger partial charge on any atom is -0.336 e. The highest BCUT2D eigenvalue weighted by molar-refractivity contribution is 7.10. The molecule has 1 N–H and O–H groups in total. The van der Waals surface area contributed by atoms with Crippen molar-refractivity contribution < 1.29 is 4.79 Å². The molecule has 1 aromatic heterocycles. The van der Waals surface area contributed by atoms with Crippen molar-refractivity contribution in [3.63, 3.8) is 0 Å². The summed E-state index contributed by atoms with van der Waals surface area (Å²) in [5.74, 6) is 1.05. The minimum absolute atomic E-state index is 0.266. The molecule has 0 aliphatic carbocycles. The first kappa shape index (κ1) is 14.1. The summed E-state index contributed by atoms with van der Waals surface area (Å²) in [6.07, 6.45) is 5.34. The summed E-state index contributed by atoms with van der Waals surface area (Å²) in [5, 5.41) is 5.59. The van der Waals surface area contributed by atoms with Crippen molar-refractivity contribution >= 4 is 17.2 Å². The lowest BCUT2D eigenvalue weighted by molar-refractivity contribution is -0.134. The van der Waals surface area contributed by atoms with Crippen LogP contribution in [0, 0.1) is 5.92 Å². The van der Waals surface area contributed by atoms with E-state index in [-0.39, 0.29) is 6.04 Å². The number of thiophene rings is 1. The number of nitrogens with one attached hydrogen (secondary N) is 1. The van der Waals surface area contributed by atoms with E-state index in [9.17, 15) is 4.79 Å². The first-order valence-electron chi connectivity index (χ1n) is 7.82. The van der Waals surface area contributed by atoms with Gasteiger partial charge in [-0.25, -0.2) is 0 Å². The fourth-order valence-corrected chi connectivity index (χ4v) is 4.45. The molecule has 3 heterocycles. The van der Waals surface area contributed by atoms with Crippen LogP contribution >= 0.6 is 11.3 Å². The van der Waals surface area contributed by atoms with E-state index in [1.165, 1.54) is 23.3 Å². The summed E-state index contributed by atoms with van der Waals surface area (Å²) in [6.45, 7) is 5.31. The molecule has 2 unspecified atom stereocenters. The third kappa shape index (κ3) is 2.91. The van der Waals surface area contributed by atoms with Crippen molar-refractivity contribution in [1.82, 2.24) is 10.2 Å². The molecule has 2 atom stereocenters. The summed E-state index contributed by atoms with van der Waals surface area (Å²) in [7, 11) is 0. The normalized spacial score (nSPS) is 26.4. The molecular weight excluding hydrogens is 268 g/mol. The molecule has 1 aromatic rings. The van der Waals surface area contributed by atoms with Gasteiger partial charge in [-0.05, 0) is 68.6 Å². The number of nitrogens with zero attached hydrogens (tertiary/aromatic N) is 1. The molecular formula is C16H24N2OS. The van der Waals surface area contributed by atoms with Gasteiger partial charge in [0.25, 0.3) is 0 Å². The average molecular weight is 292 g/mol. The number of carbonyl (C=O) groups is 1. The highest BCUT2D eigenvalue weighted by Crippen LogP contribution is 2.33. The average Bonchev–Trinajstić information content (AvgIpc) is 2.96. The maximum absolute atomic E-state index is 12.5. The van der Waals surface area contributed by atoms with E-state index < -0.39 is 0 Å². The van der Waals surface area contributed by atoms with Gasteiger partial charge in [-0.1, -0.05) is 0 Å². The lowest BCUT2D eigenvalue weighted by Gasteiger charge is -2.34. The predicted molar refractivity (Wildman–Crippen MR) is 83.0 cm³/mol. The molecule has 4 heteroatoms. The Morgan fingerprint density at radius 3 is 3.25 bits per heavy atom. The number of piperidine rings is 1. The van der Waals surface area contributed by atoms with Gasteiger partial charge in [0.15, 0.2) is 0 Å². The number of carbonyl (C=O) groups excluding carboxylic acids is 1. The minimum atomic E-state index is 0.266. The number of amides is 1. The van der Waals surface area contributed by atoms with Crippen molar-refractivity contribution in [2.45, 2.75) is 45.1 Å². The fourth-order valence-electron chi connectivity index (χ4n) is 3.49. The lowest BCUT2D eigenvalue weighted by atomic mass is 9.93. The summed E-state index contributed by atoms with van der Waals surface area (Å²) < 4.78 is 0. The molecule has 2 aliphatic heterocycles. The molecule has 20 heavy (non-hydrogen) atoms. The Hall–Kier alpha value is -0.870. The maximum Gasteiger partial charge on any atom is 0.223 e. The van der Waals surface area contributed by atoms with Gasteiger partial charge < -0.3 is 10.2 Å². The largest absolute Gasteiger partial charge is 0.336 e. The Balaban J connectivity index is 1.55. The van der Waals surface area contributed by atoms with Crippen LogP contribution in [-0.2, 0) is 11.2 Å². The molecule has 0 bridgehead atoms. The van der Waals surface area contributed by atoms with Crippen LogP contribution in [0.3, 0.4) is 0 Å². The van der Waals surface area contributed by atoms with Gasteiger partial charge in [0, 0.05) is 17.8 Å². The van der Waals surface area contributed by atoms with Crippen LogP contribution in [0.15, 0.2) is 11.4 Å². The van der Waals surface area contributed by atoms with Crippen LogP contribution in [0.25, 0.3) is 0 Å². The summed E-state index contributed by atoms with van der Waals surface area (Å²) in [5.41, 5.74) is 1.37. The SMILES string of the molecule is CC1c2ccsc2CCN1C(=O)CCC1CCCNC1. The van der Waals surface area contributed by atoms with Gasteiger partial charge in [-0.15, -0.1) is 11.3 Å². The number of fused-ring (bicyclic) bond motifs is 1. The van der Waals surface area contributed by atoms with E-state index >= 15 is 0 Å². The lowest BCUT2D eigenvalue weighted by Crippen LogP contribution is -2.38. The van der Waals surface area contributed by atoms with E-state index in [2.05, 4.69) is 28.6 Å². The monoisotopic (exact) mass is 292 g/mol. The van der Waals surface area contributed by atoms with Gasteiger partial charge in [-0.3, -0.25) is 4.79 Å². The summed E-state index contributed by atoms with van der Waals surface area (Å²) in [6, 6.07) is 2.46. The molecule has 0 radical (unpaired) electrons. The smallest absolute Gasteiger partial charge is 0.223 e. The van der Waals surface area contributed by atoms with Crippen LogP contribution in [0.2, 0.25) is 0 Å². The number of hydrogen-bond acceptors (Lipinski definition) is 3. The second-order valence-corrected chi connectivity index (χ2v) is 7.06. The second kappa shape index (κ2) is 6.27. The molecule has 2 aliphatic rings. The zero-order valence-electron chi connectivity index (χ0n) is 12.2. The van der Waals surface area contributed by atoms with Gasteiger partial charge in [0.1, 0.15) is 0 Å². The Morgan fingerprint density at radius 2 is 2.45 bits per heavy atom. The van der Waals surface area contributed by atoms with Crippen molar-refractivity contribution in [3.8, 4) is 0 Å². The molecule has 1 saturated heterocycles. The van der Waals surface area contributed by atoms with Crippen LogP contribution in [0.4, 0.5) is 0 Å². The van der Waals surface area contributed by atoms with E-state index in [1.54, 1.807) is 0 Å². The van der Waals surface area contributed by atoms with Gasteiger partial charge >= 0.3 is 0 Å².